The SMILES string of the molecule is COc1cccc(C(O)CCN(C)C)c1OC(C)C. The van der Waals surface area contributed by atoms with Crippen LogP contribution in [0.5, 0.6) is 11.5 Å². The molecule has 1 N–H and O–H groups in total. The molecular weight excluding hydrogens is 242 g/mol. The van der Waals surface area contributed by atoms with Crippen LogP contribution in [0.2, 0.25) is 0 Å². The first-order valence-electron chi connectivity index (χ1n) is 6.62. The molecule has 1 aromatic rings. The van der Waals surface area contributed by atoms with Crippen molar-refractivity contribution >= 4 is 0 Å². The average Bonchev–Trinajstić information content (AvgIpc) is 2.35. The summed E-state index contributed by atoms with van der Waals surface area (Å²) in [6.07, 6.45) is 0.150. The number of rotatable bonds is 7. The van der Waals surface area contributed by atoms with Crippen molar-refractivity contribution in [1.29, 1.82) is 0 Å². The predicted molar refractivity (Wildman–Crippen MR) is 76.9 cm³/mol. The minimum atomic E-state index is -0.550. The Morgan fingerprint density at radius 2 is 1.95 bits per heavy atom. The van der Waals surface area contributed by atoms with E-state index in [1.807, 2.05) is 51.0 Å². The van der Waals surface area contributed by atoms with Crippen LogP contribution in [0.3, 0.4) is 0 Å². The Hall–Kier alpha value is -1.26. The monoisotopic (exact) mass is 267 g/mol. The zero-order chi connectivity index (χ0) is 14.4. The summed E-state index contributed by atoms with van der Waals surface area (Å²) in [6, 6.07) is 5.61. The third-order valence-corrected chi connectivity index (χ3v) is 2.79. The number of hydrogen-bond acceptors (Lipinski definition) is 4. The van der Waals surface area contributed by atoms with Crippen LogP contribution in [-0.2, 0) is 0 Å². The largest absolute Gasteiger partial charge is 0.493 e. The molecule has 19 heavy (non-hydrogen) atoms. The van der Waals surface area contributed by atoms with Gasteiger partial charge in [0.05, 0.1) is 19.3 Å². The molecule has 0 spiro atoms. The predicted octanol–water partition coefficient (Wildman–Crippen LogP) is 2.47. The first-order valence-corrected chi connectivity index (χ1v) is 6.62. The van der Waals surface area contributed by atoms with Gasteiger partial charge in [-0.3, -0.25) is 0 Å². The lowest BCUT2D eigenvalue weighted by molar-refractivity contribution is 0.144. The van der Waals surface area contributed by atoms with Gasteiger partial charge in [0.2, 0.25) is 0 Å². The number of nitrogens with zero attached hydrogens (tertiary/aromatic N) is 1. The molecule has 0 radical (unpaired) electrons. The normalized spacial score (nSPS) is 12.8. The Kier molecular flexibility index (Phi) is 6.12. The lowest BCUT2D eigenvalue weighted by atomic mass is 10.0. The maximum atomic E-state index is 10.3. The zero-order valence-corrected chi connectivity index (χ0v) is 12.5. The van der Waals surface area contributed by atoms with Gasteiger partial charge in [-0.15, -0.1) is 0 Å². The van der Waals surface area contributed by atoms with Crippen molar-refractivity contribution < 1.29 is 14.6 Å². The minimum absolute atomic E-state index is 0.0381. The van der Waals surface area contributed by atoms with E-state index in [9.17, 15) is 5.11 Å². The fourth-order valence-electron chi connectivity index (χ4n) is 1.85. The second-order valence-electron chi connectivity index (χ2n) is 5.15. The topological polar surface area (TPSA) is 41.9 Å². The minimum Gasteiger partial charge on any atom is -0.493 e. The van der Waals surface area contributed by atoms with Crippen LogP contribution in [-0.4, -0.2) is 43.9 Å². The second kappa shape index (κ2) is 7.36. The lowest BCUT2D eigenvalue weighted by Crippen LogP contribution is -2.17. The third-order valence-electron chi connectivity index (χ3n) is 2.79. The summed E-state index contributed by atoms with van der Waals surface area (Å²) >= 11 is 0. The summed E-state index contributed by atoms with van der Waals surface area (Å²) in [5.41, 5.74) is 0.787. The van der Waals surface area contributed by atoms with E-state index >= 15 is 0 Å². The summed E-state index contributed by atoms with van der Waals surface area (Å²) in [5.74, 6) is 1.31. The molecule has 0 aliphatic carbocycles. The van der Waals surface area contributed by atoms with Crippen LogP contribution in [0.25, 0.3) is 0 Å². The molecule has 1 atom stereocenters. The molecule has 0 saturated carbocycles. The highest BCUT2D eigenvalue weighted by Gasteiger charge is 2.18. The molecule has 1 rings (SSSR count). The van der Waals surface area contributed by atoms with Gasteiger partial charge in [0.1, 0.15) is 0 Å². The standard InChI is InChI=1S/C15H25NO3/c1-11(2)19-15-12(7-6-8-14(15)18-5)13(17)9-10-16(3)4/h6-8,11,13,17H,9-10H2,1-5H3. The highest BCUT2D eigenvalue weighted by atomic mass is 16.5. The van der Waals surface area contributed by atoms with Crippen molar-refractivity contribution in [1.82, 2.24) is 4.90 Å². The highest BCUT2D eigenvalue weighted by Crippen LogP contribution is 2.36. The smallest absolute Gasteiger partial charge is 0.167 e. The van der Waals surface area contributed by atoms with Crippen molar-refractivity contribution in [3.8, 4) is 11.5 Å². The maximum absolute atomic E-state index is 10.3. The molecular formula is C15H25NO3. The van der Waals surface area contributed by atoms with Gasteiger partial charge in [0.15, 0.2) is 11.5 Å². The summed E-state index contributed by atoms with van der Waals surface area (Å²) in [7, 11) is 5.59. The molecule has 4 heteroatoms. The van der Waals surface area contributed by atoms with Gasteiger partial charge in [0, 0.05) is 12.1 Å². The van der Waals surface area contributed by atoms with Gasteiger partial charge >= 0.3 is 0 Å². The zero-order valence-electron chi connectivity index (χ0n) is 12.5. The molecule has 0 fully saturated rings. The first-order chi connectivity index (χ1) is 8.95. The quantitative estimate of drug-likeness (QED) is 0.824. The molecule has 1 aromatic carbocycles. The second-order valence-corrected chi connectivity index (χ2v) is 5.15. The maximum Gasteiger partial charge on any atom is 0.167 e. The first kappa shape index (κ1) is 15.8. The van der Waals surface area contributed by atoms with Gasteiger partial charge in [0.25, 0.3) is 0 Å². The molecule has 0 amide bonds. The summed E-state index contributed by atoms with van der Waals surface area (Å²) in [4.78, 5) is 2.05. The van der Waals surface area contributed by atoms with Crippen molar-refractivity contribution in [2.75, 3.05) is 27.7 Å². The van der Waals surface area contributed by atoms with E-state index in [4.69, 9.17) is 9.47 Å². The molecule has 0 bridgehead atoms. The van der Waals surface area contributed by atoms with Crippen molar-refractivity contribution in [2.24, 2.45) is 0 Å². The Bertz CT molecular complexity index is 391. The van der Waals surface area contributed by atoms with Gasteiger partial charge in [-0.05, 0) is 40.4 Å². The van der Waals surface area contributed by atoms with Crippen LogP contribution in [0, 0.1) is 0 Å². The lowest BCUT2D eigenvalue weighted by Gasteiger charge is -2.21. The van der Waals surface area contributed by atoms with Crippen LogP contribution >= 0.6 is 0 Å². The number of para-hydroxylation sites is 1. The summed E-state index contributed by atoms with van der Waals surface area (Å²) in [6.45, 7) is 4.74. The molecule has 4 nitrogen and oxygen atoms in total. The molecule has 0 heterocycles. The van der Waals surface area contributed by atoms with Crippen LogP contribution in [0.4, 0.5) is 0 Å². The Morgan fingerprint density at radius 3 is 2.47 bits per heavy atom. The van der Waals surface area contributed by atoms with E-state index in [-0.39, 0.29) is 6.10 Å². The number of methoxy groups -OCH3 is 1. The van der Waals surface area contributed by atoms with Crippen molar-refractivity contribution in [3.05, 3.63) is 23.8 Å². The van der Waals surface area contributed by atoms with Crippen molar-refractivity contribution in [3.63, 3.8) is 0 Å². The molecule has 108 valence electrons. The summed E-state index contributed by atoms with van der Waals surface area (Å²) < 4.78 is 11.1. The number of benzene rings is 1. The number of aliphatic hydroxyl groups excluding tert-OH is 1. The Labute approximate surface area is 115 Å². The van der Waals surface area contributed by atoms with E-state index in [0.717, 1.165) is 12.1 Å². The van der Waals surface area contributed by atoms with Crippen LogP contribution in [0.15, 0.2) is 18.2 Å². The average molecular weight is 267 g/mol. The van der Waals surface area contributed by atoms with Gasteiger partial charge in [-0.1, -0.05) is 12.1 Å². The van der Waals surface area contributed by atoms with E-state index < -0.39 is 6.10 Å². The fraction of sp³-hybridized carbons (Fsp3) is 0.600. The Balaban J connectivity index is 2.97. The highest BCUT2D eigenvalue weighted by molar-refractivity contribution is 5.47. The third kappa shape index (κ3) is 4.73. The van der Waals surface area contributed by atoms with E-state index in [2.05, 4.69) is 0 Å². The van der Waals surface area contributed by atoms with Crippen LogP contribution < -0.4 is 9.47 Å². The van der Waals surface area contributed by atoms with Gasteiger partial charge in [-0.25, -0.2) is 0 Å². The van der Waals surface area contributed by atoms with E-state index in [0.29, 0.717) is 17.9 Å². The molecule has 0 aromatic heterocycles. The number of ether oxygens (including phenoxy) is 2. The molecule has 0 aliphatic rings. The summed E-state index contributed by atoms with van der Waals surface area (Å²) in [5, 5.41) is 10.3. The van der Waals surface area contributed by atoms with Crippen LogP contribution in [0.1, 0.15) is 31.9 Å². The van der Waals surface area contributed by atoms with Gasteiger partial charge in [-0.2, -0.15) is 0 Å². The Morgan fingerprint density at radius 1 is 1.26 bits per heavy atom. The number of aliphatic hydroxyl groups is 1. The molecule has 1 unspecified atom stereocenters. The number of hydrogen-bond donors (Lipinski definition) is 1. The fourth-order valence-corrected chi connectivity index (χ4v) is 1.85. The van der Waals surface area contributed by atoms with Gasteiger partial charge < -0.3 is 19.5 Å². The van der Waals surface area contributed by atoms with E-state index in [1.54, 1.807) is 7.11 Å². The molecule has 0 saturated heterocycles. The van der Waals surface area contributed by atoms with E-state index in [1.165, 1.54) is 0 Å². The van der Waals surface area contributed by atoms with Crippen molar-refractivity contribution in [2.45, 2.75) is 32.5 Å². The molecule has 0 aliphatic heterocycles.